The first-order valence-electron chi connectivity index (χ1n) is 10.1. The Kier molecular flexibility index (Phi) is 5.94. The second-order valence-corrected chi connectivity index (χ2v) is 7.66. The maximum absolute atomic E-state index is 14.7. The summed E-state index contributed by atoms with van der Waals surface area (Å²) in [7, 11) is 0. The molecule has 2 aliphatic rings. The number of nitrogens with zero attached hydrogens (tertiary/aromatic N) is 1. The van der Waals surface area contributed by atoms with Crippen LogP contribution in [0.25, 0.3) is 0 Å². The lowest BCUT2D eigenvalue weighted by atomic mass is 10.2. The van der Waals surface area contributed by atoms with Gasteiger partial charge < -0.3 is 29.7 Å². The Bertz CT molecular complexity index is 900. The van der Waals surface area contributed by atoms with Crippen LogP contribution in [0.5, 0.6) is 11.5 Å². The molecule has 2 aliphatic heterocycles. The Morgan fingerprint density at radius 2 is 1.87 bits per heavy atom. The zero-order chi connectivity index (χ0) is 21.1. The number of fused-ring (bicyclic) bond motifs is 1. The fourth-order valence-electron chi connectivity index (χ4n) is 3.76. The van der Waals surface area contributed by atoms with E-state index < -0.39 is 6.03 Å². The van der Waals surface area contributed by atoms with Gasteiger partial charge in [-0.15, -0.1) is 0 Å². The molecule has 8 heteroatoms. The molecule has 7 nitrogen and oxygen atoms in total. The summed E-state index contributed by atoms with van der Waals surface area (Å²) in [5.41, 5.74) is 0.892. The van der Waals surface area contributed by atoms with Crippen molar-refractivity contribution >= 4 is 17.4 Å². The fourth-order valence-corrected chi connectivity index (χ4v) is 3.76. The van der Waals surface area contributed by atoms with Crippen LogP contribution in [-0.2, 0) is 4.74 Å². The van der Waals surface area contributed by atoms with Crippen molar-refractivity contribution in [3.8, 4) is 11.5 Å². The Balaban J connectivity index is 1.30. The SMILES string of the molecule is C[C@@H]1CN(c2ccc(NC(=O)NC[C@H]3COc4ccccc4O3)cc2F)C[C@H](C)O1. The number of hydrogen-bond donors (Lipinski definition) is 2. The van der Waals surface area contributed by atoms with Gasteiger partial charge in [0.05, 0.1) is 24.4 Å². The van der Waals surface area contributed by atoms with Gasteiger partial charge in [0.25, 0.3) is 0 Å². The van der Waals surface area contributed by atoms with Crippen LogP contribution in [0.4, 0.5) is 20.6 Å². The summed E-state index contributed by atoms with van der Waals surface area (Å²) in [4.78, 5) is 14.2. The highest BCUT2D eigenvalue weighted by molar-refractivity contribution is 5.89. The number of amides is 2. The van der Waals surface area contributed by atoms with E-state index >= 15 is 0 Å². The first-order valence-corrected chi connectivity index (χ1v) is 10.1. The van der Waals surface area contributed by atoms with Crippen molar-refractivity contribution in [3.63, 3.8) is 0 Å². The first-order chi connectivity index (χ1) is 14.5. The van der Waals surface area contributed by atoms with Crippen LogP contribution >= 0.6 is 0 Å². The van der Waals surface area contributed by atoms with Gasteiger partial charge in [-0.3, -0.25) is 0 Å². The highest BCUT2D eigenvalue weighted by atomic mass is 19.1. The minimum Gasteiger partial charge on any atom is -0.486 e. The number of carbonyl (C=O) groups is 1. The number of ether oxygens (including phenoxy) is 3. The molecule has 2 heterocycles. The van der Waals surface area contributed by atoms with Crippen molar-refractivity contribution in [2.75, 3.05) is 36.5 Å². The van der Waals surface area contributed by atoms with E-state index in [-0.39, 0.29) is 30.7 Å². The highest BCUT2D eigenvalue weighted by Crippen LogP contribution is 2.30. The van der Waals surface area contributed by atoms with E-state index in [1.165, 1.54) is 6.07 Å². The Morgan fingerprint density at radius 1 is 1.13 bits per heavy atom. The van der Waals surface area contributed by atoms with Crippen molar-refractivity contribution in [2.45, 2.75) is 32.2 Å². The molecule has 2 N–H and O–H groups in total. The van der Waals surface area contributed by atoms with Gasteiger partial charge in [0.15, 0.2) is 17.6 Å². The van der Waals surface area contributed by atoms with Crippen LogP contribution < -0.4 is 25.0 Å². The van der Waals surface area contributed by atoms with Crippen LogP contribution in [0.1, 0.15) is 13.8 Å². The lowest BCUT2D eigenvalue weighted by Gasteiger charge is -2.37. The van der Waals surface area contributed by atoms with E-state index in [1.807, 2.05) is 43.0 Å². The summed E-state index contributed by atoms with van der Waals surface area (Å²) in [6, 6.07) is 11.7. The van der Waals surface area contributed by atoms with Crippen molar-refractivity contribution in [1.82, 2.24) is 5.32 Å². The first kappa shape index (κ1) is 20.3. The molecule has 0 aromatic heterocycles. The maximum atomic E-state index is 14.7. The number of para-hydroxylation sites is 2. The van der Waals surface area contributed by atoms with Crippen LogP contribution in [0.2, 0.25) is 0 Å². The second kappa shape index (κ2) is 8.79. The van der Waals surface area contributed by atoms with Gasteiger partial charge in [0.2, 0.25) is 0 Å². The van der Waals surface area contributed by atoms with E-state index in [9.17, 15) is 9.18 Å². The van der Waals surface area contributed by atoms with Crippen LogP contribution in [0.3, 0.4) is 0 Å². The normalized spacial score (nSPS) is 23.0. The molecule has 1 saturated heterocycles. The van der Waals surface area contributed by atoms with Crippen molar-refractivity contribution in [1.29, 1.82) is 0 Å². The molecule has 0 unspecified atom stereocenters. The lowest BCUT2D eigenvalue weighted by molar-refractivity contribution is -0.00539. The Hall–Kier alpha value is -3.00. The molecule has 0 spiro atoms. The Labute approximate surface area is 175 Å². The number of urea groups is 1. The highest BCUT2D eigenvalue weighted by Gasteiger charge is 2.25. The summed E-state index contributed by atoms with van der Waals surface area (Å²) in [6.07, 6.45) is -0.223. The van der Waals surface area contributed by atoms with E-state index in [1.54, 1.807) is 12.1 Å². The molecule has 160 valence electrons. The molecule has 4 rings (SSSR count). The van der Waals surface area contributed by atoms with Gasteiger partial charge in [-0.25, -0.2) is 9.18 Å². The van der Waals surface area contributed by atoms with Crippen LogP contribution in [0, 0.1) is 5.82 Å². The topological polar surface area (TPSA) is 72.1 Å². The van der Waals surface area contributed by atoms with E-state index in [2.05, 4.69) is 10.6 Å². The fraction of sp³-hybridized carbons (Fsp3) is 0.409. The summed E-state index contributed by atoms with van der Waals surface area (Å²) in [5, 5.41) is 5.40. The quantitative estimate of drug-likeness (QED) is 0.801. The summed E-state index contributed by atoms with van der Waals surface area (Å²) >= 11 is 0. The average molecular weight is 415 g/mol. The molecule has 1 fully saturated rings. The average Bonchev–Trinajstić information content (AvgIpc) is 2.71. The molecular formula is C22H26FN3O4. The van der Waals surface area contributed by atoms with Gasteiger partial charge in [-0.1, -0.05) is 12.1 Å². The summed E-state index contributed by atoms with van der Waals surface area (Å²) in [5.74, 6) is 0.966. The predicted octanol–water partition coefficient (Wildman–Crippen LogP) is 3.40. The second-order valence-electron chi connectivity index (χ2n) is 7.66. The maximum Gasteiger partial charge on any atom is 0.319 e. The van der Waals surface area contributed by atoms with Gasteiger partial charge in [0, 0.05) is 18.8 Å². The minimum atomic E-state index is -0.432. The number of rotatable bonds is 4. The summed E-state index contributed by atoms with van der Waals surface area (Å²) < 4.78 is 31.8. The molecule has 30 heavy (non-hydrogen) atoms. The molecule has 0 saturated carbocycles. The standard InChI is InChI=1S/C22H26FN3O4/c1-14-11-26(12-15(2)29-14)19-8-7-16(9-18(19)23)25-22(27)24-10-17-13-28-20-5-3-4-6-21(20)30-17/h3-9,14-15,17H,10-13H2,1-2H3,(H2,24,25,27)/t14-,15+,17-/m0/s1. The summed E-state index contributed by atoms with van der Waals surface area (Å²) in [6.45, 7) is 5.81. The molecule has 2 aromatic carbocycles. The van der Waals surface area contributed by atoms with Crippen molar-refractivity contribution < 1.29 is 23.4 Å². The molecule has 0 radical (unpaired) electrons. The number of carbonyl (C=O) groups excluding carboxylic acids is 1. The molecule has 0 aliphatic carbocycles. The smallest absolute Gasteiger partial charge is 0.319 e. The van der Waals surface area contributed by atoms with E-state index in [4.69, 9.17) is 14.2 Å². The van der Waals surface area contributed by atoms with Gasteiger partial charge in [-0.2, -0.15) is 0 Å². The zero-order valence-electron chi connectivity index (χ0n) is 17.1. The van der Waals surface area contributed by atoms with Crippen LogP contribution in [-0.4, -0.2) is 50.6 Å². The van der Waals surface area contributed by atoms with Crippen molar-refractivity contribution in [3.05, 3.63) is 48.3 Å². The van der Waals surface area contributed by atoms with E-state index in [0.717, 1.165) is 0 Å². The predicted molar refractivity (Wildman–Crippen MR) is 112 cm³/mol. The van der Waals surface area contributed by atoms with Gasteiger partial charge >= 0.3 is 6.03 Å². The number of halogens is 1. The monoisotopic (exact) mass is 415 g/mol. The molecular weight excluding hydrogens is 389 g/mol. The van der Waals surface area contributed by atoms with Crippen molar-refractivity contribution in [2.24, 2.45) is 0 Å². The molecule has 2 aromatic rings. The van der Waals surface area contributed by atoms with Crippen LogP contribution in [0.15, 0.2) is 42.5 Å². The molecule has 2 amide bonds. The third-order valence-electron chi connectivity index (χ3n) is 5.02. The third kappa shape index (κ3) is 4.76. The largest absolute Gasteiger partial charge is 0.486 e. The van der Waals surface area contributed by atoms with Gasteiger partial charge in [-0.05, 0) is 44.2 Å². The molecule has 3 atom stereocenters. The number of morpholine rings is 1. The van der Waals surface area contributed by atoms with E-state index in [0.29, 0.717) is 42.6 Å². The number of benzene rings is 2. The minimum absolute atomic E-state index is 0.0367. The van der Waals surface area contributed by atoms with Gasteiger partial charge in [0.1, 0.15) is 12.4 Å². The third-order valence-corrected chi connectivity index (χ3v) is 5.02. The lowest BCUT2D eigenvalue weighted by Crippen LogP contribution is -2.45. The molecule has 0 bridgehead atoms. The zero-order valence-corrected chi connectivity index (χ0v) is 17.1. The number of hydrogen-bond acceptors (Lipinski definition) is 5. The number of nitrogens with one attached hydrogen (secondary N) is 2. The number of anilines is 2. The Morgan fingerprint density at radius 3 is 2.60 bits per heavy atom.